The van der Waals surface area contributed by atoms with Gasteiger partial charge in [-0.05, 0) is 43.0 Å². The summed E-state index contributed by atoms with van der Waals surface area (Å²) in [6.45, 7) is 11.4. The fraction of sp³-hybridized carbons (Fsp3) is 0.444. The summed E-state index contributed by atoms with van der Waals surface area (Å²) in [5, 5.41) is 3.49. The van der Waals surface area contributed by atoms with E-state index in [1.807, 2.05) is 13.8 Å². The van der Waals surface area contributed by atoms with Crippen molar-refractivity contribution in [1.82, 2.24) is 0 Å². The molecule has 0 spiro atoms. The number of furan rings is 1. The Hall–Kier alpha value is -1.90. The zero-order valence-electron chi connectivity index (χ0n) is 13.4. The molecule has 0 fully saturated rings. The van der Waals surface area contributed by atoms with E-state index in [-0.39, 0.29) is 11.5 Å². The van der Waals surface area contributed by atoms with Crippen molar-refractivity contribution < 1.29 is 9.15 Å². The molecule has 21 heavy (non-hydrogen) atoms. The maximum atomic E-state index is 6.16. The van der Waals surface area contributed by atoms with Crippen LogP contribution in [0.15, 0.2) is 28.7 Å². The summed E-state index contributed by atoms with van der Waals surface area (Å²) in [5.74, 6) is 2.78. The van der Waals surface area contributed by atoms with Crippen LogP contribution in [0.4, 0.5) is 5.69 Å². The Morgan fingerprint density at radius 1 is 1.14 bits per heavy atom. The Labute approximate surface area is 126 Å². The highest BCUT2D eigenvalue weighted by atomic mass is 16.5. The van der Waals surface area contributed by atoms with Crippen molar-refractivity contribution in [3.8, 4) is 5.75 Å². The molecule has 0 bridgehead atoms. The summed E-state index contributed by atoms with van der Waals surface area (Å²) in [5.41, 5.74) is 3.67. The molecule has 3 heteroatoms. The molecule has 0 aliphatic carbocycles. The maximum absolute atomic E-state index is 6.16. The van der Waals surface area contributed by atoms with E-state index in [2.05, 4.69) is 50.4 Å². The van der Waals surface area contributed by atoms with Crippen LogP contribution in [0.25, 0.3) is 0 Å². The normalized spacial score (nSPS) is 17.9. The summed E-state index contributed by atoms with van der Waals surface area (Å²) in [4.78, 5) is 0. The van der Waals surface area contributed by atoms with Crippen LogP contribution >= 0.6 is 0 Å². The number of hydrogen-bond donors (Lipinski definition) is 1. The maximum Gasteiger partial charge on any atom is 0.144 e. The molecular weight excluding hydrogens is 262 g/mol. The van der Waals surface area contributed by atoms with Gasteiger partial charge in [0.25, 0.3) is 0 Å². The van der Waals surface area contributed by atoms with Gasteiger partial charge in [0.05, 0.1) is 12.2 Å². The monoisotopic (exact) mass is 285 g/mol. The van der Waals surface area contributed by atoms with E-state index in [0.29, 0.717) is 0 Å². The molecule has 1 aliphatic rings. The summed E-state index contributed by atoms with van der Waals surface area (Å²) in [6.07, 6.45) is 0.00966. The second kappa shape index (κ2) is 4.83. The first kappa shape index (κ1) is 14.1. The molecule has 1 aliphatic heterocycles. The van der Waals surface area contributed by atoms with Gasteiger partial charge >= 0.3 is 0 Å². The van der Waals surface area contributed by atoms with Crippen LogP contribution in [0, 0.1) is 13.8 Å². The van der Waals surface area contributed by atoms with Crippen molar-refractivity contribution in [1.29, 1.82) is 0 Å². The molecule has 2 aromatic rings. The van der Waals surface area contributed by atoms with E-state index >= 15 is 0 Å². The number of benzene rings is 1. The lowest BCUT2D eigenvalue weighted by Crippen LogP contribution is -2.24. The molecule has 3 rings (SSSR count). The molecule has 1 aromatic heterocycles. The van der Waals surface area contributed by atoms with Gasteiger partial charge in [-0.25, -0.2) is 0 Å². The molecule has 1 unspecified atom stereocenters. The number of anilines is 1. The Bertz CT molecular complexity index is 664. The van der Waals surface area contributed by atoms with Crippen LogP contribution < -0.4 is 10.1 Å². The number of nitrogens with one attached hydrogen (secondary N) is 1. The van der Waals surface area contributed by atoms with Gasteiger partial charge < -0.3 is 14.5 Å². The number of aryl methyl sites for hydroxylation is 2. The number of ether oxygens (including phenoxy) is 1. The molecular formula is C18H23NO2. The Balaban J connectivity index is 1.88. The van der Waals surface area contributed by atoms with E-state index in [1.165, 1.54) is 5.56 Å². The number of hydrogen-bond acceptors (Lipinski definition) is 3. The van der Waals surface area contributed by atoms with Crippen LogP contribution in [-0.2, 0) is 5.41 Å². The van der Waals surface area contributed by atoms with E-state index in [1.54, 1.807) is 0 Å². The minimum Gasteiger partial charge on any atom is -0.482 e. The van der Waals surface area contributed by atoms with Gasteiger partial charge in [0.1, 0.15) is 23.4 Å². The molecule has 1 N–H and O–H groups in total. The van der Waals surface area contributed by atoms with Gasteiger partial charge in [0.2, 0.25) is 0 Å². The highest BCUT2D eigenvalue weighted by molar-refractivity contribution is 5.60. The smallest absolute Gasteiger partial charge is 0.144 e. The first-order valence-corrected chi connectivity index (χ1v) is 7.46. The quantitative estimate of drug-likeness (QED) is 0.821. The first-order chi connectivity index (χ1) is 9.84. The SMILES string of the molecule is Cc1cc(C2CNc3cc(C(C)(C)C)ccc3O2)c(C)o1. The molecule has 2 heterocycles. The van der Waals surface area contributed by atoms with E-state index < -0.39 is 0 Å². The second-order valence-electron chi connectivity index (χ2n) is 6.82. The van der Waals surface area contributed by atoms with Gasteiger partial charge in [-0.15, -0.1) is 0 Å². The Morgan fingerprint density at radius 2 is 1.90 bits per heavy atom. The lowest BCUT2D eigenvalue weighted by atomic mass is 9.86. The number of fused-ring (bicyclic) bond motifs is 1. The van der Waals surface area contributed by atoms with Crippen molar-refractivity contribution in [3.05, 3.63) is 46.9 Å². The van der Waals surface area contributed by atoms with Crippen molar-refractivity contribution in [2.75, 3.05) is 11.9 Å². The molecule has 112 valence electrons. The van der Waals surface area contributed by atoms with Crippen molar-refractivity contribution in [3.63, 3.8) is 0 Å². The molecule has 0 radical (unpaired) electrons. The van der Waals surface area contributed by atoms with Crippen LogP contribution in [0.2, 0.25) is 0 Å². The fourth-order valence-electron chi connectivity index (χ4n) is 2.78. The van der Waals surface area contributed by atoms with Crippen molar-refractivity contribution in [2.45, 2.75) is 46.1 Å². The molecule has 1 aromatic carbocycles. The van der Waals surface area contributed by atoms with E-state index in [0.717, 1.165) is 35.1 Å². The summed E-state index contributed by atoms with van der Waals surface area (Å²) in [6, 6.07) is 8.48. The third kappa shape index (κ3) is 2.65. The zero-order valence-corrected chi connectivity index (χ0v) is 13.4. The Morgan fingerprint density at radius 3 is 2.52 bits per heavy atom. The minimum absolute atomic E-state index is 0.00966. The van der Waals surface area contributed by atoms with Crippen LogP contribution in [-0.4, -0.2) is 6.54 Å². The van der Waals surface area contributed by atoms with E-state index in [4.69, 9.17) is 9.15 Å². The van der Waals surface area contributed by atoms with Gasteiger partial charge in [-0.3, -0.25) is 0 Å². The van der Waals surface area contributed by atoms with Gasteiger partial charge in [0, 0.05) is 5.56 Å². The standard InChI is InChI=1S/C18H23NO2/c1-11-8-14(12(2)20-11)17-10-19-15-9-13(18(3,4)5)6-7-16(15)21-17/h6-9,17,19H,10H2,1-5H3. The van der Waals surface area contributed by atoms with Gasteiger partial charge in [-0.1, -0.05) is 26.8 Å². The van der Waals surface area contributed by atoms with E-state index in [9.17, 15) is 0 Å². The van der Waals surface area contributed by atoms with Crippen LogP contribution in [0.1, 0.15) is 49.5 Å². The van der Waals surface area contributed by atoms with Gasteiger partial charge in [0.15, 0.2) is 0 Å². The highest BCUT2D eigenvalue weighted by Gasteiger charge is 2.25. The minimum atomic E-state index is 0.00966. The molecule has 1 atom stereocenters. The summed E-state index contributed by atoms with van der Waals surface area (Å²) < 4.78 is 11.8. The first-order valence-electron chi connectivity index (χ1n) is 7.46. The molecule has 3 nitrogen and oxygen atoms in total. The Kier molecular flexibility index (Phi) is 3.23. The summed E-state index contributed by atoms with van der Waals surface area (Å²) in [7, 11) is 0. The zero-order chi connectivity index (χ0) is 15.2. The topological polar surface area (TPSA) is 34.4 Å². The number of rotatable bonds is 1. The average molecular weight is 285 g/mol. The van der Waals surface area contributed by atoms with Crippen LogP contribution in [0.5, 0.6) is 5.75 Å². The second-order valence-corrected chi connectivity index (χ2v) is 6.82. The highest BCUT2D eigenvalue weighted by Crippen LogP contribution is 2.38. The van der Waals surface area contributed by atoms with Crippen LogP contribution in [0.3, 0.4) is 0 Å². The van der Waals surface area contributed by atoms with Crippen molar-refractivity contribution in [2.24, 2.45) is 0 Å². The lowest BCUT2D eigenvalue weighted by Gasteiger charge is -2.29. The predicted molar refractivity (Wildman–Crippen MR) is 85.2 cm³/mol. The van der Waals surface area contributed by atoms with Crippen molar-refractivity contribution >= 4 is 5.69 Å². The third-order valence-corrected chi connectivity index (χ3v) is 4.02. The molecule has 0 saturated carbocycles. The average Bonchev–Trinajstić information content (AvgIpc) is 2.75. The predicted octanol–water partition coefficient (Wildman–Crippen LogP) is 4.74. The largest absolute Gasteiger partial charge is 0.482 e. The lowest BCUT2D eigenvalue weighted by molar-refractivity contribution is 0.208. The third-order valence-electron chi connectivity index (χ3n) is 4.02. The molecule has 0 amide bonds. The molecule has 0 saturated heterocycles. The van der Waals surface area contributed by atoms with Gasteiger partial charge in [-0.2, -0.15) is 0 Å². The summed E-state index contributed by atoms with van der Waals surface area (Å²) >= 11 is 0. The fourth-order valence-corrected chi connectivity index (χ4v) is 2.78.